The Hall–Kier alpha value is -1.85. The van der Waals surface area contributed by atoms with Gasteiger partial charge in [-0.05, 0) is 74.3 Å². The van der Waals surface area contributed by atoms with Crippen molar-refractivity contribution in [3.05, 3.63) is 51.7 Å². The number of benzene rings is 1. The summed E-state index contributed by atoms with van der Waals surface area (Å²) < 4.78 is 5.74. The van der Waals surface area contributed by atoms with E-state index >= 15 is 0 Å². The highest BCUT2D eigenvalue weighted by atomic mass is 32.1. The van der Waals surface area contributed by atoms with Crippen molar-refractivity contribution < 1.29 is 9.53 Å². The van der Waals surface area contributed by atoms with E-state index in [1.54, 1.807) is 11.3 Å². The zero-order valence-electron chi connectivity index (χ0n) is 16.5. The molecule has 0 bridgehead atoms. The molecule has 1 fully saturated rings. The minimum atomic E-state index is -0.0668. The molecule has 0 unspecified atom stereocenters. The van der Waals surface area contributed by atoms with Gasteiger partial charge in [0.25, 0.3) is 5.91 Å². The number of carbonyl (C=O) groups is 1. The lowest BCUT2D eigenvalue weighted by Gasteiger charge is -2.36. The number of nitrogens with one attached hydrogen (secondary N) is 1. The second kappa shape index (κ2) is 9.38. The minimum Gasteiger partial charge on any atom is -0.483 e. The van der Waals surface area contributed by atoms with Crippen molar-refractivity contribution >= 4 is 17.2 Å². The van der Waals surface area contributed by atoms with Crippen LogP contribution in [0.15, 0.2) is 35.7 Å². The van der Waals surface area contributed by atoms with Crippen molar-refractivity contribution in [2.75, 3.05) is 26.2 Å². The summed E-state index contributed by atoms with van der Waals surface area (Å²) in [5.41, 5.74) is 2.26. The number of rotatable bonds is 7. The number of likely N-dealkylation sites (tertiary alicyclic amines) is 1. The maximum atomic E-state index is 12.4. The van der Waals surface area contributed by atoms with Crippen molar-refractivity contribution in [1.82, 2.24) is 10.2 Å². The monoisotopic (exact) mass is 386 g/mol. The summed E-state index contributed by atoms with van der Waals surface area (Å²) >= 11 is 1.77. The first-order valence-corrected chi connectivity index (χ1v) is 10.7. The van der Waals surface area contributed by atoms with Gasteiger partial charge in [0.1, 0.15) is 5.75 Å². The molecule has 1 aromatic heterocycles. The first-order valence-electron chi connectivity index (χ1n) is 9.77. The van der Waals surface area contributed by atoms with E-state index in [1.165, 1.54) is 23.3 Å². The molecular formula is C22H30N2O2S. The molecule has 2 aromatic rings. The molecule has 1 aromatic carbocycles. The van der Waals surface area contributed by atoms with Crippen molar-refractivity contribution in [3.63, 3.8) is 0 Å². The zero-order chi connectivity index (χ0) is 19.2. The number of carbonyl (C=O) groups excluding carboxylic acids is 1. The van der Waals surface area contributed by atoms with Crippen LogP contribution in [-0.4, -0.2) is 37.0 Å². The van der Waals surface area contributed by atoms with Crippen LogP contribution >= 0.6 is 11.3 Å². The van der Waals surface area contributed by atoms with E-state index in [1.807, 2.05) is 32.0 Å². The lowest BCUT2D eigenvalue weighted by molar-refractivity contribution is -0.123. The van der Waals surface area contributed by atoms with Crippen LogP contribution in [0.3, 0.4) is 0 Å². The smallest absolute Gasteiger partial charge is 0.258 e. The summed E-state index contributed by atoms with van der Waals surface area (Å²) in [5.74, 6) is 1.51. The third-order valence-corrected chi connectivity index (χ3v) is 6.51. The average Bonchev–Trinajstić information content (AvgIpc) is 3.19. The molecule has 1 atom stereocenters. The Balaban J connectivity index is 1.55. The van der Waals surface area contributed by atoms with Gasteiger partial charge in [-0.2, -0.15) is 0 Å². The van der Waals surface area contributed by atoms with Crippen LogP contribution in [0, 0.1) is 19.8 Å². The molecule has 5 heteroatoms. The fourth-order valence-electron chi connectivity index (χ4n) is 3.52. The van der Waals surface area contributed by atoms with Crippen LogP contribution in [-0.2, 0) is 4.79 Å². The van der Waals surface area contributed by atoms with Gasteiger partial charge in [-0.15, -0.1) is 11.3 Å². The minimum absolute atomic E-state index is 0.0541. The average molecular weight is 387 g/mol. The number of amides is 1. The van der Waals surface area contributed by atoms with Gasteiger partial charge < -0.3 is 10.1 Å². The number of thiophene rings is 1. The van der Waals surface area contributed by atoms with Crippen LogP contribution in [0.4, 0.5) is 0 Å². The Morgan fingerprint density at radius 1 is 1.26 bits per heavy atom. The molecule has 1 N–H and O–H groups in total. The van der Waals surface area contributed by atoms with Crippen LogP contribution in [0.25, 0.3) is 0 Å². The molecule has 3 rings (SSSR count). The molecule has 2 heterocycles. The highest BCUT2D eigenvalue weighted by Gasteiger charge is 2.25. The van der Waals surface area contributed by atoms with E-state index in [4.69, 9.17) is 4.74 Å². The third-order valence-electron chi connectivity index (χ3n) is 5.54. The van der Waals surface area contributed by atoms with Gasteiger partial charge in [0, 0.05) is 11.4 Å². The molecule has 1 aliphatic rings. The lowest BCUT2D eigenvalue weighted by Crippen LogP contribution is -2.42. The van der Waals surface area contributed by atoms with Crippen LogP contribution in [0.1, 0.15) is 41.8 Å². The first-order chi connectivity index (χ1) is 13.0. The van der Waals surface area contributed by atoms with E-state index < -0.39 is 0 Å². The molecule has 4 nitrogen and oxygen atoms in total. The number of nitrogens with zero attached hydrogens (tertiary/aromatic N) is 1. The quantitative estimate of drug-likeness (QED) is 0.770. The Bertz CT molecular complexity index is 737. The van der Waals surface area contributed by atoms with Crippen LogP contribution in [0.2, 0.25) is 0 Å². The van der Waals surface area contributed by atoms with Crippen molar-refractivity contribution in [2.45, 2.75) is 39.7 Å². The molecule has 1 aliphatic heterocycles. The van der Waals surface area contributed by atoms with Crippen LogP contribution in [0.5, 0.6) is 5.75 Å². The number of hydrogen-bond acceptors (Lipinski definition) is 4. The van der Waals surface area contributed by atoms with Gasteiger partial charge in [-0.3, -0.25) is 9.69 Å². The molecule has 0 radical (unpaired) electrons. The maximum Gasteiger partial charge on any atom is 0.258 e. The maximum absolute atomic E-state index is 12.4. The number of hydrogen-bond donors (Lipinski definition) is 1. The predicted molar refractivity (Wildman–Crippen MR) is 111 cm³/mol. The molecule has 0 aliphatic carbocycles. The van der Waals surface area contributed by atoms with Gasteiger partial charge in [0.2, 0.25) is 0 Å². The van der Waals surface area contributed by atoms with Gasteiger partial charge in [0.05, 0.1) is 6.04 Å². The van der Waals surface area contributed by atoms with E-state index in [2.05, 4.69) is 34.7 Å². The van der Waals surface area contributed by atoms with Crippen molar-refractivity contribution in [2.24, 2.45) is 5.92 Å². The van der Waals surface area contributed by atoms with Gasteiger partial charge >= 0.3 is 0 Å². The number of aryl methyl sites for hydroxylation is 1. The standard InChI is InChI=1S/C22H30N2O2S/c1-16-9-11-24(12-10-16)19(21-8-5-13-27-21)14-23-22(25)15-26-20-7-4-6-17(2)18(20)3/h4-8,13,16,19H,9-12,14-15H2,1-3H3,(H,23,25)/t19-/m1/s1. The molecule has 0 spiro atoms. The fraction of sp³-hybridized carbons (Fsp3) is 0.500. The van der Waals surface area contributed by atoms with Gasteiger partial charge in [-0.1, -0.05) is 25.1 Å². The van der Waals surface area contributed by atoms with E-state index in [9.17, 15) is 4.79 Å². The van der Waals surface area contributed by atoms with E-state index in [-0.39, 0.29) is 18.6 Å². The first kappa shape index (κ1) is 19.9. The lowest BCUT2D eigenvalue weighted by atomic mass is 9.97. The largest absolute Gasteiger partial charge is 0.483 e. The van der Waals surface area contributed by atoms with Gasteiger partial charge in [0.15, 0.2) is 6.61 Å². The SMILES string of the molecule is Cc1cccc(OCC(=O)NC[C@H](c2cccs2)N2CCC(C)CC2)c1C. The molecular weight excluding hydrogens is 356 g/mol. The van der Waals surface area contributed by atoms with Crippen molar-refractivity contribution in [3.8, 4) is 5.75 Å². The summed E-state index contributed by atoms with van der Waals surface area (Å²) in [6.45, 7) is 9.27. The van der Waals surface area contributed by atoms with Crippen LogP contribution < -0.4 is 10.1 Å². The normalized spacial score (nSPS) is 16.9. The third kappa shape index (κ3) is 5.33. The number of ether oxygens (including phenoxy) is 1. The molecule has 27 heavy (non-hydrogen) atoms. The zero-order valence-corrected chi connectivity index (χ0v) is 17.3. The summed E-state index contributed by atoms with van der Waals surface area (Å²) in [4.78, 5) is 16.2. The second-order valence-corrected chi connectivity index (χ2v) is 8.52. The second-order valence-electron chi connectivity index (χ2n) is 7.54. The van der Waals surface area contributed by atoms with E-state index in [0.717, 1.165) is 30.3 Å². The topological polar surface area (TPSA) is 41.6 Å². The molecule has 146 valence electrons. The summed E-state index contributed by atoms with van der Waals surface area (Å²) in [6, 6.07) is 10.4. The molecule has 1 saturated heterocycles. The Labute approximate surface area is 166 Å². The Morgan fingerprint density at radius 3 is 2.74 bits per heavy atom. The van der Waals surface area contributed by atoms with E-state index in [0.29, 0.717) is 6.54 Å². The molecule has 1 amide bonds. The highest BCUT2D eigenvalue weighted by molar-refractivity contribution is 7.10. The predicted octanol–water partition coefficient (Wildman–Crippen LogP) is 4.33. The number of piperidine rings is 1. The van der Waals surface area contributed by atoms with Crippen molar-refractivity contribution in [1.29, 1.82) is 0 Å². The summed E-state index contributed by atoms with van der Waals surface area (Å²) in [7, 11) is 0. The summed E-state index contributed by atoms with van der Waals surface area (Å²) in [5, 5.41) is 5.20. The Kier molecular flexibility index (Phi) is 6.91. The molecule has 0 saturated carbocycles. The summed E-state index contributed by atoms with van der Waals surface area (Å²) in [6.07, 6.45) is 2.46. The Morgan fingerprint density at radius 2 is 2.04 bits per heavy atom. The fourth-order valence-corrected chi connectivity index (χ4v) is 4.38. The highest BCUT2D eigenvalue weighted by Crippen LogP contribution is 2.29. The van der Waals surface area contributed by atoms with Gasteiger partial charge in [-0.25, -0.2) is 0 Å².